The quantitative estimate of drug-likeness (QED) is 0.604. The van der Waals surface area contributed by atoms with E-state index < -0.39 is 11.5 Å². The molecule has 1 heterocycles. The Morgan fingerprint density at radius 1 is 1.03 bits per heavy atom. The highest BCUT2D eigenvalue weighted by molar-refractivity contribution is 6.31. The number of benzene rings is 2. The Bertz CT molecular complexity index is 1250. The molecule has 1 aromatic heterocycles. The number of ketones is 1. The minimum Gasteiger partial charge on any atom is -0.497 e. The van der Waals surface area contributed by atoms with E-state index in [4.69, 9.17) is 21.1 Å². The molecule has 0 aliphatic heterocycles. The number of nitrogens with one attached hydrogen (secondary N) is 2. The normalized spacial score (nSPS) is 15.1. The van der Waals surface area contributed by atoms with Gasteiger partial charge in [-0.15, -0.1) is 0 Å². The summed E-state index contributed by atoms with van der Waals surface area (Å²) in [6, 6.07) is 13.6. The van der Waals surface area contributed by atoms with Gasteiger partial charge >= 0.3 is 0 Å². The maximum atomic E-state index is 12.9. The zero-order valence-electron chi connectivity index (χ0n) is 17.5. The van der Waals surface area contributed by atoms with Crippen molar-refractivity contribution in [3.8, 4) is 11.5 Å². The van der Waals surface area contributed by atoms with Crippen molar-refractivity contribution in [1.82, 2.24) is 4.98 Å². The van der Waals surface area contributed by atoms with E-state index in [1.807, 2.05) is 24.3 Å². The molecule has 0 fully saturated rings. The van der Waals surface area contributed by atoms with Crippen LogP contribution >= 0.6 is 11.6 Å². The number of pyridine rings is 1. The summed E-state index contributed by atoms with van der Waals surface area (Å²) >= 11 is 6.00. The van der Waals surface area contributed by atoms with Crippen LogP contribution in [0.4, 0.5) is 5.69 Å². The molecule has 0 spiro atoms. The Kier molecular flexibility index (Phi) is 6.01. The van der Waals surface area contributed by atoms with E-state index in [0.717, 1.165) is 11.3 Å². The van der Waals surface area contributed by atoms with Crippen molar-refractivity contribution in [3.05, 3.63) is 86.3 Å². The number of aromatic nitrogens is 1. The smallest absolute Gasteiger partial charge is 0.261 e. The molecule has 0 bridgehead atoms. The van der Waals surface area contributed by atoms with Gasteiger partial charge in [-0.2, -0.15) is 0 Å². The molecule has 2 N–H and O–H groups in total. The Hall–Kier alpha value is -3.58. The highest BCUT2D eigenvalue weighted by atomic mass is 35.5. The number of methoxy groups -OCH3 is 2. The molecule has 1 amide bonds. The topological polar surface area (TPSA) is 97.5 Å². The van der Waals surface area contributed by atoms with E-state index in [0.29, 0.717) is 34.1 Å². The second kappa shape index (κ2) is 8.88. The number of H-pyrrole nitrogens is 1. The third-order valence-corrected chi connectivity index (χ3v) is 5.78. The van der Waals surface area contributed by atoms with Crippen LogP contribution in [0.25, 0.3) is 0 Å². The molecule has 32 heavy (non-hydrogen) atoms. The monoisotopic (exact) mass is 452 g/mol. The molecule has 1 atom stereocenters. The standard InChI is InChI=1S/C24H21ClN2O5/c1-31-16-6-3-13(4-7-16)14-9-19-17(21(28)10-14)12-18(23(29)26-19)24(30)27-20-11-15(25)5-8-22(20)32-2/h3-8,11-12,14H,9-10H2,1-2H3,(H,26,29)(H,27,30)/t14-/m0/s1. The minimum absolute atomic E-state index is 0.0630. The maximum absolute atomic E-state index is 12.9. The summed E-state index contributed by atoms with van der Waals surface area (Å²) in [7, 11) is 3.05. The van der Waals surface area contributed by atoms with Crippen LogP contribution in [0.1, 0.15) is 44.3 Å². The SMILES string of the molecule is COc1ccc([C@@H]2CC(=O)c3cc(C(=O)Nc4cc(Cl)ccc4OC)c(=O)[nH]c3C2)cc1. The third-order valence-electron chi connectivity index (χ3n) is 5.55. The fourth-order valence-corrected chi connectivity index (χ4v) is 4.05. The molecule has 0 saturated heterocycles. The van der Waals surface area contributed by atoms with Crippen LogP contribution < -0.4 is 20.3 Å². The average Bonchev–Trinajstić information content (AvgIpc) is 2.78. The first-order valence-electron chi connectivity index (χ1n) is 9.98. The zero-order chi connectivity index (χ0) is 22.8. The molecule has 0 unspecified atom stereocenters. The van der Waals surface area contributed by atoms with Crippen LogP contribution in [-0.4, -0.2) is 30.9 Å². The number of fused-ring (bicyclic) bond motifs is 1. The second-order valence-electron chi connectivity index (χ2n) is 7.50. The van der Waals surface area contributed by atoms with Crippen LogP contribution in [0.2, 0.25) is 5.02 Å². The van der Waals surface area contributed by atoms with Crippen molar-refractivity contribution >= 4 is 29.0 Å². The second-order valence-corrected chi connectivity index (χ2v) is 7.94. The molecular weight excluding hydrogens is 432 g/mol. The number of hydrogen-bond donors (Lipinski definition) is 2. The van der Waals surface area contributed by atoms with E-state index in [-0.39, 0.29) is 23.7 Å². The lowest BCUT2D eigenvalue weighted by Gasteiger charge is -2.24. The lowest BCUT2D eigenvalue weighted by Crippen LogP contribution is -2.29. The lowest BCUT2D eigenvalue weighted by atomic mass is 9.81. The Labute approximate surface area is 189 Å². The first kappa shape index (κ1) is 21.6. The number of anilines is 1. The third kappa shape index (κ3) is 4.24. The number of carbonyl (C=O) groups is 2. The summed E-state index contributed by atoms with van der Waals surface area (Å²) in [5, 5.41) is 3.04. The molecule has 1 aliphatic rings. The molecule has 7 nitrogen and oxygen atoms in total. The number of ether oxygens (including phenoxy) is 2. The highest BCUT2D eigenvalue weighted by Crippen LogP contribution is 2.33. The van der Waals surface area contributed by atoms with E-state index in [9.17, 15) is 14.4 Å². The zero-order valence-corrected chi connectivity index (χ0v) is 18.3. The fraction of sp³-hybridized carbons (Fsp3) is 0.208. The Morgan fingerprint density at radius 2 is 1.78 bits per heavy atom. The summed E-state index contributed by atoms with van der Waals surface area (Å²) < 4.78 is 10.4. The van der Waals surface area contributed by atoms with E-state index >= 15 is 0 Å². The summed E-state index contributed by atoms with van der Waals surface area (Å²) in [5.41, 5.74) is 1.49. The number of amides is 1. The minimum atomic E-state index is -0.653. The van der Waals surface area contributed by atoms with Crippen molar-refractivity contribution in [2.45, 2.75) is 18.8 Å². The van der Waals surface area contributed by atoms with E-state index in [2.05, 4.69) is 10.3 Å². The molecular formula is C24H21ClN2O5. The van der Waals surface area contributed by atoms with Crippen LogP contribution in [-0.2, 0) is 6.42 Å². The molecule has 0 radical (unpaired) electrons. The van der Waals surface area contributed by atoms with Gasteiger partial charge in [0, 0.05) is 22.7 Å². The van der Waals surface area contributed by atoms with Crippen LogP contribution in [0.15, 0.2) is 53.3 Å². The maximum Gasteiger partial charge on any atom is 0.261 e. The van der Waals surface area contributed by atoms with Gasteiger partial charge in [0.15, 0.2) is 5.78 Å². The van der Waals surface area contributed by atoms with Gasteiger partial charge < -0.3 is 19.8 Å². The van der Waals surface area contributed by atoms with Gasteiger partial charge in [0.1, 0.15) is 17.1 Å². The van der Waals surface area contributed by atoms with Crippen molar-refractivity contribution in [2.24, 2.45) is 0 Å². The molecule has 164 valence electrons. The number of halogens is 1. The summed E-state index contributed by atoms with van der Waals surface area (Å²) in [4.78, 5) is 41.1. The largest absolute Gasteiger partial charge is 0.497 e. The van der Waals surface area contributed by atoms with Gasteiger partial charge in [-0.3, -0.25) is 14.4 Å². The molecule has 1 aliphatic carbocycles. The van der Waals surface area contributed by atoms with Crippen molar-refractivity contribution in [3.63, 3.8) is 0 Å². The van der Waals surface area contributed by atoms with Gasteiger partial charge in [-0.25, -0.2) is 0 Å². The van der Waals surface area contributed by atoms with E-state index in [1.54, 1.807) is 19.2 Å². The Morgan fingerprint density at radius 3 is 2.47 bits per heavy atom. The van der Waals surface area contributed by atoms with Gasteiger partial charge in [0.2, 0.25) is 0 Å². The number of aromatic amines is 1. The molecule has 4 rings (SSSR count). The number of hydrogen-bond acceptors (Lipinski definition) is 5. The van der Waals surface area contributed by atoms with Gasteiger partial charge in [-0.1, -0.05) is 23.7 Å². The van der Waals surface area contributed by atoms with Crippen LogP contribution in [0.3, 0.4) is 0 Å². The molecule has 3 aromatic rings. The van der Waals surface area contributed by atoms with Crippen LogP contribution in [0, 0.1) is 0 Å². The number of carbonyl (C=O) groups excluding carboxylic acids is 2. The number of Topliss-reactive ketones (excluding diaryl/α,β-unsaturated/α-hetero) is 1. The van der Waals surface area contributed by atoms with Gasteiger partial charge in [-0.05, 0) is 54.3 Å². The summed E-state index contributed by atoms with van der Waals surface area (Å²) in [5.74, 6) is 0.289. The van der Waals surface area contributed by atoms with Crippen molar-refractivity contribution < 1.29 is 19.1 Å². The highest BCUT2D eigenvalue weighted by Gasteiger charge is 2.29. The fourth-order valence-electron chi connectivity index (χ4n) is 3.88. The van der Waals surface area contributed by atoms with Gasteiger partial charge in [0.05, 0.1) is 19.9 Å². The van der Waals surface area contributed by atoms with Crippen molar-refractivity contribution in [1.29, 1.82) is 0 Å². The van der Waals surface area contributed by atoms with Gasteiger partial charge in [0.25, 0.3) is 11.5 Å². The van der Waals surface area contributed by atoms with Crippen molar-refractivity contribution in [2.75, 3.05) is 19.5 Å². The predicted molar refractivity (Wildman–Crippen MR) is 121 cm³/mol. The lowest BCUT2D eigenvalue weighted by molar-refractivity contribution is 0.0963. The first-order chi connectivity index (χ1) is 15.4. The molecule has 0 saturated carbocycles. The Balaban J connectivity index is 1.61. The summed E-state index contributed by atoms with van der Waals surface area (Å²) in [6.07, 6.45) is 0.779. The summed E-state index contributed by atoms with van der Waals surface area (Å²) in [6.45, 7) is 0. The van der Waals surface area contributed by atoms with E-state index in [1.165, 1.54) is 19.2 Å². The number of rotatable bonds is 5. The molecule has 2 aromatic carbocycles. The van der Waals surface area contributed by atoms with Crippen LogP contribution in [0.5, 0.6) is 11.5 Å². The average molecular weight is 453 g/mol. The molecule has 8 heteroatoms. The predicted octanol–water partition coefficient (Wildman–Crippen LogP) is 4.21. The first-order valence-corrected chi connectivity index (χ1v) is 10.4.